The summed E-state index contributed by atoms with van der Waals surface area (Å²) >= 11 is 37.2. The lowest BCUT2D eigenvalue weighted by molar-refractivity contribution is -0.153. The van der Waals surface area contributed by atoms with Crippen molar-refractivity contribution in [2.45, 2.75) is 172 Å². The topological polar surface area (TPSA) is 262 Å². The van der Waals surface area contributed by atoms with E-state index < -0.39 is 55.3 Å². The number of methoxy groups -OCH3 is 2. The summed E-state index contributed by atoms with van der Waals surface area (Å²) in [6.45, 7) is 4.73. The SMILES string of the molecule is CC(=O)Oc1cc2c(c3ccccc13)[C@H](CCl)CN2C(=O)C12CCC(C(=O)N3C[C@@H](CCl)c4c3cc(O)c3ccccc43)(CC1)C2.COC(=O)C12CCC(C(=O)Cl)(CC1)C2.COC(=O)C12CCC(C(=O)O)(CC1)C2.ClC[C@@H]1CNc2cc(OCc3ccccc3)c3ccccc3c21.O=C(Cl)C12CCC(C(=O)N3C[C@@H](CCl)c4c3cc(OCc3ccccc3)c3ccccc43)(CC1)C2. The maximum absolute atomic E-state index is 14.7. The second kappa shape index (κ2) is 36.6. The largest absolute Gasteiger partial charge is 0.507 e. The van der Waals surface area contributed by atoms with Crippen molar-refractivity contribution in [3.05, 3.63) is 215 Å². The first-order valence-corrected chi connectivity index (χ1v) is 48.7. The Kier molecular flexibility index (Phi) is 25.6. The van der Waals surface area contributed by atoms with Crippen LogP contribution in [0.3, 0.4) is 0 Å². The van der Waals surface area contributed by atoms with Crippen LogP contribution in [0.2, 0.25) is 0 Å². The lowest BCUT2D eigenvalue weighted by Gasteiger charge is -2.32. The van der Waals surface area contributed by atoms with Gasteiger partial charge in [0.2, 0.25) is 28.2 Å². The smallest absolute Gasteiger partial charge is 0.311 e. The molecule has 688 valence electrons. The highest BCUT2D eigenvalue weighted by atomic mass is 35.5. The molecule has 3 N–H and O–H groups in total. The third-order valence-electron chi connectivity index (χ3n) is 31.9. The lowest BCUT2D eigenvalue weighted by Crippen LogP contribution is -2.42. The summed E-state index contributed by atoms with van der Waals surface area (Å²) in [6, 6.07) is 60.0. The van der Waals surface area contributed by atoms with Crippen LogP contribution in [0.25, 0.3) is 43.1 Å². The molecule has 0 unspecified atom stereocenters. The van der Waals surface area contributed by atoms with Crippen molar-refractivity contribution in [2.75, 3.05) is 83.9 Å². The molecule has 8 bridgehead atoms. The number of aromatic hydroxyl groups is 1. The zero-order valence-corrected chi connectivity index (χ0v) is 78.6. The molecule has 8 aliphatic carbocycles. The van der Waals surface area contributed by atoms with Crippen molar-refractivity contribution in [2.24, 2.45) is 43.3 Å². The van der Waals surface area contributed by atoms with Crippen LogP contribution in [0.15, 0.2) is 182 Å². The molecule has 0 spiro atoms. The molecule has 3 amide bonds. The number of amides is 3. The zero-order chi connectivity index (χ0) is 92.6. The normalized spacial score (nSPS) is 27.5. The number of hydrogen-bond donors (Lipinski definition) is 3. The molecular formula is C106H106Cl6N4O16. The van der Waals surface area contributed by atoms with Gasteiger partial charge in [-0.15, -0.1) is 46.4 Å². The number of anilines is 4. The zero-order valence-electron chi connectivity index (χ0n) is 74.1. The Hall–Kier alpha value is -10.2. The number of carbonyl (C=O) groups is 9. The minimum atomic E-state index is -0.749. The van der Waals surface area contributed by atoms with Gasteiger partial charge in [-0.1, -0.05) is 158 Å². The number of rotatable bonds is 19. The van der Waals surface area contributed by atoms with Crippen LogP contribution in [0, 0.1) is 43.3 Å². The average Bonchev–Trinajstić information content (AvgIpc) is 1.54. The van der Waals surface area contributed by atoms with Crippen molar-refractivity contribution in [3.63, 3.8) is 0 Å². The summed E-state index contributed by atoms with van der Waals surface area (Å²) in [4.78, 5) is 119. The second-order valence-corrected chi connectivity index (χ2v) is 40.8. The van der Waals surface area contributed by atoms with Gasteiger partial charge in [0, 0.05) is 143 Å². The fraction of sp³-hybridized carbons (Fsp3) is 0.425. The third kappa shape index (κ3) is 16.0. The molecule has 8 fully saturated rings. The van der Waals surface area contributed by atoms with E-state index in [1.165, 1.54) is 37.7 Å². The first kappa shape index (κ1) is 92.3. The molecule has 0 saturated heterocycles. The van der Waals surface area contributed by atoms with Gasteiger partial charge in [-0.05, 0) is 207 Å². The number of aliphatic carboxylic acids is 1. The van der Waals surface area contributed by atoms with Crippen molar-refractivity contribution < 1.29 is 77.0 Å². The first-order valence-electron chi connectivity index (χ1n) is 45.8. The predicted molar refractivity (Wildman–Crippen MR) is 515 cm³/mol. The summed E-state index contributed by atoms with van der Waals surface area (Å²) in [5.74, 6) is 2.88. The van der Waals surface area contributed by atoms with Crippen molar-refractivity contribution in [3.8, 4) is 23.0 Å². The van der Waals surface area contributed by atoms with Crippen molar-refractivity contribution in [1.82, 2.24) is 0 Å². The van der Waals surface area contributed by atoms with E-state index in [2.05, 4.69) is 59.9 Å². The fourth-order valence-electron chi connectivity index (χ4n) is 24.9. The molecule has 8 saturated carbocycles. The Morgan fingerprint density at radius 1 is 0.371 bits per heavy atom. The van der Waals surface area contributed by atoms with Crippen LogP contribution >= 0.6 is 69.6 Å². The Morgan fingerprint density at radius 3 is 1.04 bits per heavy atom. The maximum atomic E-state index is 14.7. The quantitative estimate of drug-likeness (QED) is 0.0294. The number of ether oxygens (including phenoxy) is 5. The van der Waals surface area contributed by atoms with Gasteiger partial charge in [0.05, 0.1) is 63.8 Å². The Morgan fingerprint density at radius 2 is 0.674 bits per heavy atom. The summed E-state index contributed by atoms with van der Waals surface area (Å²) in [5.41, 5.74) is 5.89. The molecule has 4 atom stereocenters. The van der Waals surface area contributed by atoms with E-state index in [0.717, 1.165) is 126 Å². The molecule has 22 rings (SSSR count). The molecule has 4 aliphatic heterocycles. The molecule has 10 aromatic rings. The van der Waals surface area contributed by atoms with Gasteiger partial charge >= 0.3 is 23.9 Å². The van der Waals surface area contributed by atoms with Gasteiger partial charge in [0.25, 0.3) is 0 Å². The van der Waals surface area contributed by atoms with Crippen LogP contribution in [-0.4, -0.2) is 126 Å². The molecule has 20 nitrogen and oxygen atoms in total. The Labute approximate surface area is 796 Å². The monoisotopic (exact) mass is 1900 g/mol. The summed E-state index contributed by atoms with van der Waals surface area (Å²) in [6.07, 6.45) is 13.0. The molecule has 0 radical (unpaired) electrons. The number of carboxylic acids is 1. The number of carboxylic acid groups (broad SMARTS) is 1. The number of nitrogens with one attached hydrogen (secondary N) is 1. The standard InChI is InChI=1S/C37H34Cl2N2O5.C29H27Cl2NO3.C20H18ClNO.C10H13ClO3.C10H14O4/c1-21(42)46-31-15-29-33(27-9-5-3-7-25(27)31)23(17-39)19-41(29)35(45)37-12-10-36(20-37,11-13-37)34(44)40-18-22(16-38)32-26-8-4-2-6-24(26)30(43)14-28(32)40;30-15-20-16-32(27(34)29-12-10-28(18-29,11-13-29)26(31)33)23-14-24(35-17-19-6-2-1-3-7-19)21-8-4-5-9-22(21)25(20)23;21-11-15-12-22-18-10-19(23-13-14-6-2-1-3-7-14)16-8-4-5-9-17(16)20(15)18;2*1-14-8(13)10-4-2-9(6-10,3-5-10)7(11)12/h2-9,14-15,22-23,43H,10-13,16-20H2,1H3;1-9,14,20H,10-13,15-18H2;1-10,15,22H,11-13H2;2-6H2,1H3;2-6H2,1H3,(H,11,12)/t22-,23-,36?,37?;20-,28?,29?;15-;;/m111../s1. The average molecular weight is 1900 g/mol. The van der Waals surface area contributed by atoms with Gasteiger partial charge in [-0.2, -0.15) is 0 Å². The van der Waals surface area contributed by atoms with Crippen molar-refractivity contribution in [1.29, 1.82) is 0 Å². The Bertz CT molecular complexity index is 6200. The van der Waals surface area contributed by atoms with E-state index >= 15 is 0 Å². The van der Waals surface area contributed by atoms with E-state index in [9.17, 15) is 48.3 Å². The van der Waals surface area contributed by atoms with Gasteiger partial charge in [0.1, 0.15) is 36.2 Å². The molecular weight excluding hydrogens is 1800 g/mol. The molecule has 0 aromatic heterocycles. The molecule has 12 aliphatic rings. The highest BCUT2D eigenvalue weighted by molar-refractivity contribution is 6.65. The van der Waals surface area contributed by atoms with Crippen LogP contribution in [0.5, 0.6) is 23.0 Å². The second-order valence-electron chi connectivity index (χ2n) is 38.9. The van der Waals surface area contributed by atoms with E-state index in [1.54, 1.807) is 6.07 Å². The fourth-order valence-corrected chi connectivity index (χ4v) is 26.5. The summed E-state index contributed by atoms with van der Waals surface area (Å²) in [7, 11) is 2.77. The Balaban J connectivity index is 0.000000119. The molecule has 132 heavy (non-hydrogen) atoms. The summed E-state index contributed by atoms with van der Waals surface area (Å²) < 4.78 is 27.6. The van der Waals surface area contributed by atoms with Crippen LogP contribution in [0.4, 0.5) is 22.7 Å². The lowest BCUT2D eigenvalue weighted by atomic mass is 9.80. The minimum absolute atomic E-state index is 0.0155. The minimum Gasteiger partial charge on any atom is -0.507 e. The van der Waals surface area contributed by atoms with Crippen LogP contribution in [-0.2, 0) is 65.8 Å². The van der Waals surface area contributed by atoms with Crippen LogP contribution < -0.4 is 34.2 Å². The van der Waals surface area contributed by atoms with E-state index in [1.807, 2.05) is 136 Å². The molecule has 10 aromatic carbocycles. The van der Waals surface area contributed by atoms with Gasteiger partial charge in [0.15, 0.2) is 0 Å². The number of hydrogen-bond acceptors (Lipinski definition) is 16. The van der Waals surface area contributed by atoms with Gasteiger partial charge in [-0.3, -0.25) is 43.2 Å². The van der Waals surface area contributed by atoms with Crippen LogP contribution in [0.1, 0.15) is 192 Å². The van der Waals surface area contributed by atoms with Gasteiger partial charge in [-0.25, -0.2) is 0 Å². The van der Waals surface area contributed by atoms with E-state index in [0.29, 0.717) is 171 Å². The number of halogens is 6. The number of benzene rings is 10. The highest BCUT2D eigenvalue weighted by Gasteiger charge is 2.67. The molecule has 26 heteroatoms. The number of alkyl halides is 4. The number of esters is 3. The highest BCUT2D eigenvalue weighted by Crippen LogP contribution is 2.68. The first-order chi connectivity index (χ1) is 63.6. The van der Waals surface area contributed by atoms with E-state index in [-0.39, 0.29) is 63.6 Å². The number of carbonyl (C=O) groups excluding carboxylic acids is 8. The third-order valence-corrected chi connectivity index (χ3v) is 34.1. The number of nitrogens with zero attached hydrogens (tertiary/aromatic N) is 3. The number of fused-ring (bicyclic) bond motifs is 20. The maximum Gasteiger partial charge on any atom is 0.311 e. The van der Waals surface area contributed by atoms with Gasteiger partial charge < -0.3 is 53.9 Å². The summed E-state index contributed by atoms with van der Waals surface area (Å²) in [5, 5.41) is 30.8. The number of phenols is 1. The predicted octanol–water partition coefficient (Wildman–Crippen LogP) is 22.7. The number of phenolic OH excluding ortho intramolecular Hbond substituents is 1. The van der Waals surface area contributed by atoms with E-state index in [4.69, 9.17) is 98.4 Å². The van der Waals surface area contributed by atoms with Crippen molar-refractivity contribution >= 4 is 188 Å². The molecule has 4 heterocycles.